The molecule has 0 atom stereocenters. The number of hydrogen-bond acceptors (Lipinski definition) is 4. The van der Waals surface area contributed by atoms with Crippen molar-refractivity contribution in [1.29, 1.82) is 0 Å². The maximum absolute atomic E-state index is 13.8. The van der Waals surface area contributed by atoms with Crippen molar-refractivity contribution in [3.8, 4) is 11.4 Å². The molecule has 0 bridgehead atoms. The molecule has 35 heavy (non-hydrogen) atoms. The Kier molecular flexibility index (Phi) is 6.05. The minimum absolute atomic E-state index is 0.206. The maximum atomic E-state index is 13.8. The fourth-order valence-corrected chi connectivity index (χ4v) is 4.37. The SMILES string of the molecule is CCc1nc2c(=O)n(-c3ccc(Br)cc3)c(Cc3ccc(C(=O)O)cc3)nc2n1-c1ccccc1. The summed E-state index contributed by atoms with van der Waals surface area (Å²) in [6.45, 7) is 2.00. The number of imidazole rings is 1. The van der Waals surface area contributed by atoms with Crippen LogP contribution in [0.15, 0.2) is 88.1 Å². The van der Waals surface area contributed by atoms with Crippen molar-refractivity contribution in [3.63, 3.8) is 0 Å². The summed E-state index contributed by atoms with van der Waals surface area (Å²) >= 11 is 3.45. The van der Waals surface area contributed by atoms with Gasteiger partial charge in [0.2, 0.25) is 0 Å². The van der Waals surface area contributed by atoms with Crippen LogP contribution in [0.25, 0.3) is 22.5 Å². The molecule has 0 aliphatic rings. The number of nitrogens with zero attached hydrogens (tertiary/aromatic N) is 4. The molecular weight excluding hydrogens is 508 g/mol. The monoisotopic (exact) mass is 528 g/mol. The summed E-state index contributed by atoms with van der Waals surface area (Å²) in [7, 11) is 0. The normalized spacial score (nSPS) is 11.1. The molecule has 5 aromatic rings. The lowest BCUT2D eigenvalue weighted by Gasteiger charge is -2.14. The van der Waals surface area contributed by atoms with Crippen LogP contribution in [-0.2, 0) is 12.8 Å². The van der Waals surface area contributed by atoms with Crippen LogP contribution in [0.4, 0.5) is 0 Å². The highest BCUT2D eigenvalue weighted by Crippen LogP contribution is 2.22. The van der Waals surface area contributed by atoms with E-state index in [4.69, 9.17) is 4.98 Å². The third-order valence-corrected chi connectivity index (χ3v) is 6.33. The molecule has 2 heterocycles. The van der Waals surface area contributed by atoms with Crippen LogP contribution in [-0.4, -0.2) is 30.2 Å². The van der Waals surface area contributed by atoms with Gasteiger partial charge < -0.3 is 5.11 Å². The highest BCUT2D eigenvalue weighted by Gasteiger charge is 2.21. The summed E-state index contributed by atoms with van der Waals surface area (Å²) in [6, 6.07) is 23.8. The highest BCUT2D eigenvalue weighted by atomic mass is 79.9. The number of benzene rings is 3. The Hall–Kier alpha value is -4.04. The summed E-state index contributed by atoms with van der Waals surface area (Å²) in [5.41, 5.74) is 3.17. The van der Waals surface area contributed by atoms with E-state index in [0.717, 1.165) is 21.5 Å². The van der Waals surface area contributed by atoms with Crippen LogP contribution in [0.2, 0.25) is 0 Å². The van der Waals surface area contributed by atoms with Gasteiger partial charge in [-0.05, 0) is 54.1 Å². The van der Waals surface area contributed by atoms with Crippen molar-refractivity contribution >= 4 is 33.1 Å². The van der Waals surface area contributed by atoms with Crippen molar-refractivity contribution in [1.82, 2.24) is 19.1 Å². The van der Waals surface area contributed by atoms with Crippen molar-refractivity contribution in [3.05, 3.63) is 116 Å². The number of aryl methyl sites for hydroxylation is 1. The number of carbonyl (C=O) groups is 1. The molecule has 0 fully saturated rings. The second-order valence-corrected chi connectivity index (χ2v) is 8.96. The van der Waals surface area contributed by atoms with Crippen molar-refractivity contribution < 1.29 is 9.90 Å². The van der Waals surface area contributed by atoms with Gasteiger partial charge in [0, 0.05) is 23.0 Å². The standard InChI is InChI=1S/C27H21BrN4O3/c1-2-22-29-24-25(31(22)20-6-4-3-5-7-20)30-23(16-17-8-10-18(11-9-17)27(34)35)32(26(24)33)21-14-12-19(28)13-15-21/h3-15H,2,16H2,1H3,(H,34,35). The zero-order valence-corrected chi connectivity index (χ0v) is 20.4. The van der Waals surface area contributed by atoms with Gasteiger partial charge in [-0.15, -0.1) is 0 Å². The first-order valence-electron chi connectivity index (χ1n) is 11.1. The number of carboxylic acids is 1. The van der Waals surface area contributed by atoms with Crippen LogP contribution < -0.4 is 5.56 Å². The molecule has 3 aromatic carbocycles. The van der Waals surface area contributed by atoms with E-state index < -0.39 is 5.97 Å². The Morgan fingerprint density at radius 2 is 1.51 bits per heavy atom. The topological polar surface area (TPSA) is 90.0 Å². The zero-order chi connectivity index (χ0) is 24.5. The van der Waals surface area contributed by atoms with Gasteiger partial charge in [0.1, 0.15) is 11.6 Å². The van der Waals surface area contributed by atoms with Crippen LogP contribution >= 0.6 is 15.9 Å². The second-order valence-electron chi connectivity index (χ2n) is 8.05. The van der Waals surface area contributed by atoms with Crippen LogP contribution in [0, 0.1) is 0 Å². The molecule has 8 heteroatoms. The third-order valence-electron chi connectivity index (χ3n) is 5.80. The fraction of sp³-hybridized carbons (Fsp3) is 0.111. The average Bonchev–Trinajstić information content (AvgIpc) is 3.25. The van der Waals surface area contributed by atoms with E-state index in [1.165, 1.54) is 0 Å². The molecule has 5 rings (SSSR count). The lowest BCUT2D eigenvalue weighted by Crippen LogP contribution is -2.24. The molecule has 7 nitrogen and oxygen atoms in total. The number of para-hydroxylation sites is 1. The predicted molar refractivity (Wildman–Crippen MR) is 138 cm³/mol. The van der Waals surface area contributed by atoms with Crippen molar-refractivity contribution in [2.24, 2.45) is 0 Å². The van der Waals surface area contributed by atoms with E-state index in [9.17, 15) is 14.7 Å². The molecule has 0 aliphatic carbocycles. The zero-order valence-electron chi connectivity index (χ0n) is 18.9. The Bertz CT molecular complexity index is 1590. The third kappa shape index (κ3) is 4.28. The number of halogens is 1. The molecule has 0 spiro atoms. The van der Waals surface area contributed by atoms with Crippen LogP contribution in [0.5, 0.6) is 0 Å². The van der Waals surface area contributed by atoms with E-state index >= 15 is 0 Å². The molecule has 0 aliphatic heterocycles. The Labute approximate surface area is 209 Å². The molecule has 0 radical (unpaired) electrons. The second kappa shape index (κ2) is 9.31. The van der Waals surface area contributed by atoms with Crippen molar-refractivity contribution in [2.75, 3.05) is 0 Å². The largest absolute Gasteiger partial charge is 0.478 e. The molecule has 0 saturated carbocycles. The Morgan fingerprint density at radius 3 is 2.14 bits per heavy atom. The average molecular weight is 529 g/mol. The summed E-state index contributed by atoms with van der Waals surface area (Å²) < 4.78 is 4.41. The fourth-order valence-electron chi connectivity index (χ4n) is 4.11. The van der Waals surface area contributed by atoms with Gasteiger partial charge >= 0.3 is 5.97 Å². The van der Waals surface area contributed by atoms with E-state index in [-0.39, 0.29) is 11.1 Å². The van der Waals surface area contributed by atoms with Gasteiger partial charge in [-0.3, -0.25) is 13.9 Å². The van der Waals surface area contributed by atoms with E-state index in [0.29, 0.717) is 35.5 Å². The molecule has 174 valence electrons. The number of hydrogen-bond donors (Lipinski definition) is 1. The lowest BCUT2D eigenvalue weighted by molar-refractivity contribution is 0.0697. The van der Waals surface area contributed by atoms with Gasteiger partial charge in [0.05, 0.1) is 11.3 Å². The maximum Gasteiger partial charge on any atom is 0.335 e. The number of fused-ring (bicyclic) bond motifs is 1. The first-order chi connectivity index (χ1) is 17.0. The van der Waals surface area contributed by atoms with Gasteiger partial charge in [0.25, 0.3) is 5.56 Å². The smallest absolute Gasteiger partial charge is 0.335 e. The summed E-state index contributed by atoms with van der Waals surface area (Å²) in [6.07, 6.45) is 0.970. The van der Waals surface area contributed by atoms with Crippen LogP contribution in [0.1, 0.15) is 34.5 Å². The molecule has 2 aromatic heterocycles. The number of aromatic carboxylic acids is 1. The van der Waals surface area contributed by atoms with E-state index in [1.807, 2.05) is 66.1 Å². The van der Waals surface area contributed by atoms with Crippen LogP contribution in [0.3, 0.4) is 0 Å². The molecular formula is C27H21BrN4O3. The van der Waals surface area contributed by atoms with E-state index in [2.05, 4.69) is 20.9 Å². The summed E-state index contributed by atoms with van der Waals surface area (Å²) in [5.74, 6) is 0.301. The molecule has 0 amide bonds. The van der Waals surface area contributed by atoms with Gasteiger partial charge in [-0.1, -0.05) is 53.2 Å². The first kappa shape index (κ1) is 22.7. The molecule has 1 N–H and O–H groups in total. The lowest BCUT2D eigenvalue weighted by atomic mass is 10.1. The number of aromatic nitrogens is 4. The molecule has 0 unspecified atom stereocenters. The quantitative estimate of drug-likeness (QED) is 0.327. The number of rotatable bonds is 6. The van der Waals surface area contributed by atoms with E-state index in [1.54, 1.807) is 28.8 Å². The van der Waals surface area contributed by atoms with Gasteiger partial charge in [0.15, 0.2) is 11.2 Å². The summed E-state index contributed by atoms with van der Waals surface area (Å²) in [4.78, 5) is 34.7. The minimum Gasteiger partial charge on any atom is -0.478 e. The minimum atomic E-state index is -0.985. The number of carboxylic acid groups (broad SMARTS) is 1. The predicted octanol–water partition coefficient (Wildman–Crippen LogP) is 5.19. The highest BCUT2D eigenvalue weighted by molar-refractivity contribution is 9.10. The Balaban J connectivity index is 1.76. The van der Waals surface area contributed by atoms with Gasteiger partial charge in [-0.2, -0.15) is 0 Å². The molecule has 0 saturated heterocycles. The first-order valence-corrected chi connectivity index (χ1v) is 11.9. The Morgan fingerprint density at radius 1 is 0.857 bits per heavy atom. The van der Waals surface area contributed by atoms with Gasteiger partial charge in [-0.25, -0.2) is 14.8 Å². The summed E-state index contributed by atoms with van der Waals surface area (Å²) in [5, 5.41) is 9.23. The van der Waals surface area contributed by atoms with Crippen molar-refractivity contribution in [2.45, 2.75) is 19.8 Å².